The molecule has 6 nitrogen and oxygen atoms in total. The molecule has 0 aromatic heterocycles. The third-order valence-corrected chi connectivity index (χ3v) is 1.91. The second kappa shape index (κ2) is 3.79. The summed E-state index contributed by atoms with van der Waals surface area (Å²) in [4.78, 5) is 10.2. The molecule has 0 rings (SSSR count). The first-order chi connectivity index (χ1) is 4.83. The van der Waals surface area contributed by atoms with Gasteiger partial charge in [-0.15, -0.1) is 0 Å². The molecule has 0 fully saturated rings. The highest BCUT2D eigenvalue weighted by atomic mass is 32.2. The van der Waals surface area contributed by atoms with Gasteiger partial charge in [-0.2, -0.15) is 8.42 Å². The van der Waals surface area contributed by atoms with Crippen LogP contribution in [0.5, 0.6) is 0 Å². The SMILES string of the molecule is NC(=O)N(S)CCS(=O)(=O)O. The lowest BCUT2D eigenvalue weighted by molar-refractivity contribution is 0.236. The van der Waals surface area contributed by atoms with E-state index in [1.165, 1.54) is 0 Å². The molecule has 0 aromatic carbocycles. The van der Waals surface area contributed by atoms with Crippen molar-refractivity contribution in [3.63, 3.8) is 0 Å². The predicted octanol–water partition coefficient (Wildman–Crippen LogP) is -0.900. The van der Waals surface area contributed by atoms with Gasteiger partial charge in [-0.1, -0.05) is 12.8 Å². The highest BCUT2D eigenvalue weighted by Gasteiger charge is 2.09. The number of urea groups is 1. The summed E-state index contributed by atoms with van der Waals surface area (Å²) in [6.45, 7) is -0.239. The molecule has 0 heterocycles. The summed E-state index contributed by atoms with van der Waals surface area (Å²) in [7, 11) is -4.05. The van der Waals surface area contributed by atoms with Crippen LogP contribution in [0.3, 0.4) is 0 Å². The fraction of sp³-hybridized carbons (Fsp3) is 0.667. The molecule has 2 amide bonds. The van der Waals surface area contributed by atoms with E-state index in [1.807, 2.05) is 0 Å². The number of hydrogen-bond donors (Lipinski definition) is 3. The molecular formula is C3H8N2O4S2. The van der Waals surface area contributed by atoms with Crippen LogP contribution in [0.1, 0.15) is 0 Å². The first kappa shape index (κ1) is 10.5. The number of nitrogens with two attached hydrogens (primary N) is 1. The molecule has 0 saturated carbocycles. The van der Waals surface area contributed by atoms with Crippen molar-refractivity contribution in [2.24, 2.45) is 5.73 Å². The summed E-state index contributed by atoms with van der Waals surface area (Å²) in [6, 6.07) is -0.864. The lowest BCUT2D eigenvalue weighted by Gasteiger charge is -2.09. The van der Waals surface area contributed by atoms with E-state index in [0.29, 0.717) is 4.31 Å². The van der Waals surface area contributed by atoms with Crippen LogP contribution in [-0.2, 0) is 10.1 Å². The Kier molecular flexibility index (Phi) is 3.63. The smallest absolute Gasteiger partial charge is 0.324 e. The third-order valence-electron chi connectivity index (χ3n) is 0.815. The summed E-state index contributed by atoms with van der Waals surface area (Å²) in [5, 5.41) is 0. The second-order valence-corrected chi connectivity index (χ2v) is 3.80. The average molecular weight is 200 g/mol. The van der Waals surface area contributed by atoms with E-state index in [-0.39, 0.29) is 6.54 Å². The van der Waals surface area contributed by atoms with Gasteiger partial charge in [-0.05, 0) is 0 Å². The Hall–Kier alpha value is -0.470. The van der Waals surface area contributed by atoms with Crippen molar-refractivity contribution >= 4 is 29.0 Å². The summed E-state index contributed by atoms with van der Waals surface area (Å²) in [6.07, 6.45) is 0. The van der Waals surface area contributed by atoms with Crippen molar-refractivity contribution in [1.82, 2.24) is 4.31 Å². The second-order valence-electron chi connectivity index (χ2n) is 1.75. The first-order valence-corrected chi connectivity index (χ1v) is 4.55. The van der Waals surface area contributed by atoms with Crippen LogP contribution >= 0.6 is 12.8 Å². The Bertz CT molecular complexity index is 236. The van der Waals surface area contributed by atoms with E-state index in [0.717, 1.165) is 0 Å². The van der Waals surface area contributed by atoms with E-state index < -0.39 is 21.9 Å². The van der Waals surface area contributed by atoms with Gasteiger partial charge >= 0.3 is 6.03 Å². The Balaban J connectivity index is 3.82. The van der Waals surface area contributed by atoms with Gasteiger partial charge < -0.3 is 5.73 Å². The number of nitrogens with zero attached hydrogens (tertiary/aromatic N) is 1. The number of rotatable bonds is 3. The van der Waals surface area contributed by atoms with E-state index in [9.17, 15) is 13.2 Å². The van der Waals surface area contributed by atoms with Gasteiger partial charge in [0.2, 0.25) is 0 Å². The topological polar surface area (TPSA) is 101 Å². The zero-order chi connectivity index (χ0) is 9.07. The van der Waals surface area contributed by atoms with Crippen LogP contribution in [0.15, 0.2) is 0 Å². The Morgan fingerprint density at radius 1 is 1.64 bits per heavy atom. The van der Waals surface area contributed by atoms with E-state index in [2.05, 4.69) is 12.8 Å². The van der Waals surface area contributed by atoms with Crippen molar-refractivity contribution in [3.05, 3.63) is 0 Å². The Morgan fingerprint density at radius 2 is 2.09 bits per heavy atom. The molecule has 0 spiro atoms. The zero-order valence-corrected chi connectivity index (χ0v) is 7.18. The number of carbonyl (C=O) groups excluding carboxylic acids is 1. The lowest BCUT2D eigenvalue weighted by atomic mass is 10.7. The zero-order valence-electron chi connectivity index (χ0n) is 5.47. The van der Waals surface area contributed by atoms with Crippen molar-refractivity contribution in [3.8, 4) is 0 Å². The van der Waals surface area contributed by atoms with Gasteiger partial charge in [-0.3, -0.25) is 8.86 Å². The van der Waals surface area contributed by atoms with Gasteiger partial charge in [0.25, 0.3) is 10.1 Å². The van der Waals surface area contributed by atoms with E-state index in [1.54, 1.807) is 0 Å². The van der Waals surface area contributed by atoms with Crippen LogP contribution in [0.4, 0.5) is 4.79 Å². The molecule has 66 valence electrons. The number of amides is 2. The maximum Gasteiger partial charge on any atom is 0.324 e. The van der Waals surface area contributed by atoms with E-state index in [4.69, 9.17) is 10.3 Å². The van der Waals surface area contributed by atoms with Gasteiger partial charge in [0.15, 0.2) is 0 Å². The third kappa shape index (κ3) is 5.95. The maximum absolute atomic E-state index is 10.2. The molecule has 0 atom stereocenters. The van der Waals surface area contributed by atoms with Gasteiger partial charge in [0.05, 0.1) is 12.3 Å². The van der Waals surface area contributed by atoms with Crippen molar-refractivity contribution in [1.29, 1.82) is 0 Å². The highest BCUT2D eigenvalue weighted by molar-refractivity contribution is 7.85. The van der Waals surface area contributed by atoms with Crippen LogP contribution in [0, 0.1) is 0 Å². The normalized spacial score (nSPS) is 11.1. The highest BCUT2D eigenvalue weighted by Crippen LogP contribution is 1.93. The molecule has 0 radical (unpaired) electrons. The van der Waals surface area contributed by atoms with Crippen LogP contribution in [-0.4, -0.2) is 35.6 Å². The summed E-state index contributed by atoms with van der Waals surface area (Å²) < 4.78 is 29.1. The maximum atomic E-state index is 10.2. The first-order valence-electron chi connectivity index (χ1n) is 2.54. The number of thiol groups is 1. The molecule has 0 saturated heterocycles. The molecule has 0 unspecified atom stereocenters. The Morgan fingerprint density at radius 3 is 2.36 bits per heavy atom. The minimum absolute atomic E-state index is 0.239. The summed E-state index contributed by atoms with van der Waals surface area (Å²) >= 11 is 3.52. The average Bonchev–Trinajstić information content (AvgIpc) is 1.80. The van der Waals surface area contributed by atoms with Crippen molar-refractivity contribution in [2.75, 3.05) is 12.3 Å². The molecular weight excluding hydrogens is 192 g/mol. The summed E-state index contributed by atoms with van der Waals surface area (Å²) in [5.41, 5.74) is 4.70. The molecule has 11 heavy (non-hydrogen) atoms. The van der Waals surface area contributed by atoms with Crippen LogP contribution in [0.2, 0.25) is 0 Å². The molecule has 0 aromatic rings. The fourth-order valence-electron chi connectivity index (χ4n) is 0.312. The van der Waals surface area contributed by atoms with Gasteiger partial charge in [-0.25, -0.2) is 4.79 Å². The standard InChI is InChI=1S/C3H8N2O4S2/c4-3(6)5(10)1-2-11(7,8)9/h10H,1-2H2,(H2,4,6)(H,7,8,9). The number of primary amides is 1. The number of carbonyl (C=O) groups is 1. The minimum Gasteiger partial charge on any atom is -0.351 e. The van der Waals surface area contributed by atoms with Gasteiger partial charge in [0, 0.05) is 0 Å². The van der Waals surface area contributed by atoms with Crippen molar-refractivity contribution in [2.45, 2.75) is 0 Å². The molecule has 0 aliphatic rings. The molecule has 8 heteroatoms. The predicted molar refractivity (Wildman–Crippen MR) is 41.7 cm³/mol. The quantitative estimate of drug-likeness (QED) is 0.406. The molecule has 3 N–H and O–H groups in total. The minimum atomic E-state index is -4.05. The fourth-order valence-corrected chi connectivity index (χ4v) is 0.961. The Labute approximate surface area is 69.6 Å². The van der Waals surface area contributed by atoms with Crippen molar-refractivity contribution < 1.29 is 17.8 Å². The molecule has 0 aliphatic heterocycles. The summed E-state index contributed by atoms with van der Waals surface area (Å²) in [5.74, 6) is -0.570. The largest absolute Gasteiger partial charge is 0.351 e. The lowest BCUT2D eigenvalue weighted by Crippen LogP contribution is -2.31. The van der Waals surface area contributed by atoms with E-state index >= 15 is 0 Å². The van der Waals surface area contributed by atoms with Crippen LogP contribution < -0.4 is 5.73 Å². The molecule has 0 aliphatic carbocycles. The van der Waals surface area contributed by atoms with Gasteiger partial charge in [0.1, 0.15) is 0 Å². The molecule has 0 bridgehead atoms. The number of hydrogen-bond acceptors (Lipinski definition) is 4. The van der Waals surface area contributed by atoms with Crippen LogP contribution in [0.25, 0.3) is 0 Å². The monoisotopic (exact) mass is 200 g/mol.